The number of hydrogen-bond acceptors (Lipinski definition) is 4. The van der Waals surface area contributed by atoms with Gasteiger partial charge in [0.2, 0.25) is 5.91 Å². The number of nitrogens with zero attached hydrogens (tertiary/aromatic N) is 3. The zero-order valence-electron chi connectivity index (χ0n) is 16.2. The molecule has 5 heteroatoms. The Balaban J connectivity index is 1.25. The minimum atomic E-state index is 0.253. The predicted molar refractivity (Wildman–Crippen MR) is 110 cm³/mol. The van der Waals surface area contributed by atoms with Gasteiger partial charge in [0, 0.05) is 41.8 Å². The van der Waals surface area contributed by atoms with Crippen molar-refractivity contribution in [3.63, 3.8) is 0 Å². The van der Waals surface area contributed by atoms with E-state index in [4.69, 9.17) is 0 Å². The third-order valence-electron chi connectivity index (χ3n) is 6.35. The Bertz CT molecular complexity index is 755. The van der Waals surface area contributed by atoms with Crippen LogP contribution in [0, 0.1) is 12.3 Å². The normalized spacial score (nSPS) is 20.1. The number of carbonyl (C=O) groups excluding carboxylic acids is 1. The summed E-state index contributed by atoms with van der Waals surface area (Å²) in [6.45, 7) is 7.51. The van der Waals surface area contributed by atoms with Crippen LogP contribution in [-0.4, -0.2) is 46.9 Å². The maximum atomic E-state index is 12.6. The van der Waals surface area contributed by atoms with Crippen LogP contribution in [0.3, 0.4) is 0 Å². The number of aryl methyl sites for hydroxylation is 1. The van der Waals surface area contributed by atoms with Crippen molar-refractivity contribution in [2.24, 2.45) is 5.41 Å². The first-order valence-corrected chi connectivity index (χ1v) is 10.9. The first kappa shape index (κ1) is 18.6. The lowest BCUT2D eigenvalue weighted by atomic mass is 9.71. The minimum absolute atomic E-state index is 0.253. The summed E-state index contributed by atoms with van der Waals surface area (Å²) in [5.41, 5.74) is 1.48. The van der Waals surface area contributed by atoms with E-state index in [0.29, 0.717) is 11.8 Å². The molecular weight excluding hydrogens is 354 g/mol. The van der Waals surface area contributed by atoms with Gasteiger partial charge >= 0.3 is 0 Å². The molecule has 27 heavy (non-hydrogen) atoms. The summed E-state index contributed by atoms with van der Waals surface area (Å²) >= 11 is 1.92. The zero-order chi connectivity index (χ0) is 18.7. The molecule has 2 aliphatic rings. The second kappa shape index (κ2) is 8.11. The van der Waals surface area contributed by atoms with Crippen molar-refractivity contribution in [3.05, 3.63) is 52.0 Å². The van der Waals surface area contributed by atoms with Crippen LogP contribution in [0.2, 0.25) is 0 Å². The van der Waals surface area contributed by atoms with Crippen molar-refractivity contribution in [2.75, 3.05) is 26.2 Å². The number of rotatable bonds is 4. The van der Waals surface area contributed by atoms with Gasteiger partial charge in [-0.15, -0.1) is 11.3 Å². The average Bonchev–Trinajstić information content (AvgIpc) is 3.10. The molecule has 1 spiro atoms. The van der Waals surface area contributed by atoms with E-state index in [-0.39, 0.29) is 5.91 Å². The Morgan fingerprint density at radius 3 is 2.48 bits per heavy atom. The van der Waals surface area contributed by atoms with Crippen LogP contribution in [0.5, 0.6) is 0 Å². The summed E-state index contributed by atoms with van der Waals surface area (Å²) in [6.07, 6.45) is 8.92. The third kappa shape index (κ3) is 4.58. The summed E-state index contributed by atoms with van der Waals surface area (Å²) in [5, 5.41) is 0. The number of carbonyl (C=O) groups is 1. The second-order valence-corrected chi connectivity index (χ2v) is 9.58. The molecule has 0 bridgehead atoms. The molecule has 0 aromatic carbocycles. The summed E-state index contributed by atoms with van der Waals surface area (Å²) in [4.78, 5) is 24.3. The van der Waals surface area contributed by atoms with Gasteiger partial charge < -0.3 is 4.90 Å². The molecule has 0 saturated carbocycles. The molecule has 2 fully saturated rings. The number of hydrogen-bond donors (Lipinski definition) is 0. The predicted octanol–water partition coefficient (Wildman–Crippen LogP) is 3.90. The molecule has 2 aromatic heterocycles. The average molecular weight is 384 g/mol. The van der Waals surface area contributed by atoms with Gasteiger partial charge in [-0.2, -0.15) is 0 Å². The van der Waals surface area contributed by atoms with Gasteiger partial charge in [-0.1, -0.05) is 6.07 Å². The number of thiophene rings is 1. The van der Waals surface area contributed by atoms with E-state index in [1.165, 1.54) is 35.7 Å². The van der Waals surface area contributed by atoms with Crippen LogP contribution in [0.1, 0.15) is 41.0 Å². The molecule has 0 unspecified atom stereocenters. The van der Waals surface area contributed by atoms with E-state index in [9.17, 15) is 4.79 Å². The molecule has 144 valence electrons. The van der Waals surface area contributed by atoms with E-state index in [2.05, 4.69) is 33.8 Å². The molecule has 0 N–H and O–H groups in total. The molecule has 2 saturated heterocycles. The maximum Gasteiger partial charge on any atom is 0.227 e. The topological polar surface area (TPSA) is 36.4 Å². The molecule has 1 amide bonds. The second-order valence-electron chi connectivity index (χ2n) is 8.21. The summed E-state index contributed by atoms with van der Waals surface area (Å²) in [7, 11) is 0. The van der Waals surface area contributed by atoms with E-state index < -0.39 is 0 Å². The monoisotopic (exact) mass is 383 g/mol. The van der Waals surface area contributed by atoms with Gasteiger partial charge in [0.05, 0.1) is 6.42 Å². The van der Waals surface area contributed by atoms with E-state index in [1.807, 2.05) is 23.5 Å². The Morgan fingerprint density at radius 1 is 1.11 bits per heavy atom. The van der Waals surface area contributed by atoms with Crippen LogP contribution in [0.15, 0.2) is 36.7 Å². The standard InChI is InChI=1S/C22H29N3OS/c1-18-4-5-20(27-18)17-24-11-6-22(7-12-24)8-13-25(14-9-22)21(26)15-19-3-2-10-23-16-19/h2-5,10,16H,6-9,11-15,17H2,1H3. The zero-order valence-corrected chi connectivity index (χ0v) is 17.0. The largest absolute Gasteiger partial charge is 0.342 e. The number of likely N-dealkylation sites (tertiary alicyclic amines) is 2. The molecule has 2 aliphatic heterocycles. The van der Waals surface area contributed by atoms with Crippen LogP contribution < -0.4 is 0 Å². The molecule has 0 radical (unpaired) electrons. The van der Waals surface area contributed by atoms with Crippen LogP contribution in [0.4, 0.5) is 0 Å². The highest BCUT2D eigenvalue weighted by molar-refractivity contribution is 7.11. The van der Waals surface area contributed by atoms with Crippen LogP contribution in [0.25, 0.3) is 0 Å². The highest BCUT2D eigenvalue weighted by Gasteiger charge is 2.38. The van der Waals surface area contributed by atoms with Gasteiger partial charge in [0.25, 0.3) is 0 Å². The summed E-state index contributed by atoms with van der Waals surface area (Å²) in [6, 6.07) is 8.39. The first-order chi connectivity index (χ1) is 13.1. The summed E-state index contributed by atoms with van der Waals surface area (Å²) in [5.74, 6) is 0.253. The van der Waals surface area contributed by atoms with Gasteiger partial charge in [-0.25, -0.2) is 0 Å². The van der Waals surface area contributed by atoms with E-state index in [1.54, 1.807) is 12.4 Å². The molecule has 4 heterocycles. The molecule has 2 aromatic rings. The molecule has 0 atom stereocenters. The number of pyridine rings is 1. The first-order valence-electron chi connectivity index (χ1n) is 10.1. The van der Waals surface area contributed by atoms with Gasteiger partial charge in [-0.3, -0.25) is 14.7 Å². The molecule has 0 aliphatic carbocycles. The third-order valence-corrected chi connectivity index (χ3v) is 7.33. The Kier molecular flexibility index (Phi) is 5.60. The Hall–Kier alpha value is -1.72. The fourth-order valence-electron chi connectivity index (χ4n) is 4.50. The minimum Gasteiger partial charge on any atom is -0.342 e. The lowest BCUT2D eigenvalue weighted by molar-refractivity contribution is -0.133. The van der Waals surface area contributed by atoms with Crippen LogP contribution >= 0.6 is 11.3 Å². The molecule has 4 rings (SSSR count). The van der Waals surface area contributed by atoms with Gasteiger partial charge in [0.1, 0.15) is 0 Å². The molecule has 4 nitrogen and oxygen atoms in total. The lowest BCUT2D eigenvalue weighted by Crippen LogP contribution is -2.48. The van der Waals surface area contributed by atoms with Crippen molar-refractivity contribution in [3.8, 4) is 0 Å². The molecular formula is C22H29N3OS. The highest BCUT2D eigenvalue weighted by atomic mass is 32.1. The van der Waals surface area contributed by atoms with Crippen molar-refractivity contribution in [1.29, 1.82) is 0 Å². The van der Waals surface area contributed by atoms with Crippen molar-refractivity contribution < 1.29 is 4.79 Å². The van der Waals surface area contributed by atoms with Crippen molar-refractivity contribution in [1.82, 2.24) is 14.8 Å². The van der Waals surface area contributed by atoms with Crippen LogP contribution in [-0.2, 0) is 17.8 Å². The van der Waals surface area contributed by atoms with E-state index >= 15 is 0 Å². The number of aromatic nitrogens is 1. The van der Waals surface area contributed by atoms with Gasteiger partial charge in [-0.05, 0) is 74.9 Å². The van der Waals surface area contributed by atoms with E-state index in [0.717, 1.165) is 38.0 Å². The van der Waals surface area contributed by atoms with Gasteiger partial charge in [0.15, 0.2) is 0 Å². The summed E-state index contributed by atoms with van der Waals surface area (Å²) < 4.78 is 0. The quantitative estimate of drug-likeness (QED) is 0.803. The number of piperidine rings is 2. The Morgan fingerprint density at radius 2 is 1.85 bits per heavy atom. The fraction of sp³-hybridized carbons (Fsp3) is 0.545. The fourth-order valence-corrected chi connectivity index (χ4v) is 5.43. The highest BCUT2D eigenvalue weighted by Crippen LogP contribution is 2.41. The smallest absolute Gasteiger partial charge is 0.227 e. The maximum absolute atomic E-state index is 12.6. The number of amides is 1. The van der Waals surface area contributed by atoms with Crippen molar-refractivity contribution in [2.45, 2.75) is 45.6 Å². The van der Waals surface area contributed by atoms with Crippen molar-refractivity contribution >= 4 is 17.2 Å². The lowest BCUT2D eigenvalue weighted by Gasteiger charge is -2.47. The Labute approximate surface area is 166 Å². The SMILES string of the molecule is Cc1ccc(CN2CCC3(CC2)CCN(C(=O)Cc2cccnc2)CC3)s1.